The number of benzene rings is 2. The average molecular weight is 355 g/mol. The van der Waals surface area contributed by atoms with E-state index in [0.717, 1.165) is 16.2 Å². The molecule has 25 heavy (non-hydrogen) atoms. The molecular formula is C19H17NO4S. The number of ether oxygens (including phenoxy) is 1. The first-order valence-corrected chi connectivity index (χ1v) is 9.21. The van der Waals surface area contributed by atoms with Crippen LogP contribution >= 0.6 is 11.8 Å². The van der Waals surface area contributed by atoms with Crippen molar-refractivity contribution in [2.75, 3.05) is 19.4 Å². The van der Waals surface area contributed by atoms with Gasteiger partial charge >= 0.3 is 5.97 Å². The van der Waals surface area contributed by atoms with Crippen molar-refractivity contribution < 1.29 is 19.1 Å². The van der Waals surface area contributed by atoms with Crippen molar-refractivity contribution in [3.63, 3.8) is 0 Å². The van der Waals surface area contributed by atoms with E-state index in [1.807, 2.05) is 18.4 Å². The Morgan fingerprint density at radius 1 is 1.00 bits per heavy atom. The van der Waals surface area contributed by atoms with E-state index in [9.17, 15) is 14.4 Å². The molecule has 2 amide bonds. The van der Waals surface area contributed by atoms with E-state index in [-0.39, 0.29) is 25.0 Å². The molecule has 0 radical (unpaired) electrons. The number of imide groups is 1. The molecule has 0 N–H and O–H groups in total. The topological polar surface area (TPSA) is 63.7 Å². The van der Waals surface area contributed by atoms with Crippen LogP contribution in [0.5, 0.6) is 0 Å². The molecule has 0 aliphatic carbocycles. The van der Waals surface area contributed by atoms with Crippen LogP contribution in [0, 0.1) is 0 Å². The first kappa shape index (κ1) is 17.2. The van der Waals surface area contributed by atoms with Gasteiger partial charge in [0.05, 0.1) is 23.2 Å². The Balaban J connectivity index is 1.55. The molecule has 1 heterocycles. The van der Waals surface area contributed by atoms with Crippen molar-refractivity contribution in [1.82, 2.24) is 4.90 Å². The van der Waals surface area contributed by atoms with Crippen LogP contribution in [0.4, 0.5) is 0 Å². The quantitative estimate of drug-likeness (QED) is 0.589. The van der Waals surface area contributed by atoms with Gasteiger partial charge < -0.3 is 4.74 Å². The van der Waals surface area contributed by atoms with Crippen LogP contribution in [0.2, 0.25) is 0 Å². The molecule has 2 aromatic carbocycles. The number of amides is 2. The van der Waals surface area contributed by atoms with E-state index < -0.39 is 5.97 Å². The molecule has 5 nitrogen and oxygen atoms in total. The van der Waals surface area contributed by atoms with Crippen LogP contribution in [0.3, 0.4) is 0 Å². The lowest BCUT2D eigenvalue weighted by molar-refractivity contribution is 0.0420. The molecule has 1 aliphatic heterocycles. The summed E-state index contributed by atoms with van der Waals surface area (Å²) < 4.78 is 5.20. The molecular weight excluding hydrogens is 338 g/mol. The standard InChI is InChI=1S/C19H17NO4S/c1-25-12-13-6-8-14(9-7-13)19(23)24-11-10-20-17(21)15-4-2-3-5-16(15)18(20)22/h2-9H,10-12H2,1H3. The van der Waals surface area contributed by atoms with Gasteiger partial charge in [0.25, 0.3) is 11.8 Å². The summed E-state index contributed by atoms with van der Waals surface area (Å²) in [5.41, 5.74) is 2.37. The Morgan fingerprint density at radius 2 is 1.60 bits per heavy atom. The summed E-state index contributed by atoms with van der Waals surface area (Å²) in [6.07, 6.45) is 2.02. The minimum absolute atomic E-state index is 0.0309. The van der Waals surface area contributed by atoms with Gasteiger partial charge in [-0.3, -0.25) is 14.5 Å². The second-order valence-corrected chi connectivity index (χ2v) is 6.44. The summed E-state index contributed by atoms with van der Waals surface area (Å²) in [5, 5.41) is 0. The van der Waals surface area contributed by atoms with Crippen LogP contribution in [0.25, 0.3) is 0 Å². The van der Waals surface area contributed by atoms with Crippen LogP contribution in [0.15, 0.2) is 48.5 Å². The lowest BCUT2D eigenvalue weighted by Crippen LogP contribution is -2.33. The average Bonchev–Trinajstić information content (AvgIpc) is 2.88. The number of fused-ring (bicyclic) bond motifs is 1. The van der Waals surface area contributed by atoms with Gasteiger partial charge in [-0.2, -0.15) is 11.8 Å². The molecule has 0 unspecified atom stereocenters. The zero-order valence-corrected chi connectivity index (χ0v) is 14.5. The lowest BCUT2D eigenvalue weighted by Gasteiger charge is -2.13. The maximum Gasteiger partial charge on any atom is 0.338 e. The number of esters is 1. The van der Waals surface area contributed by atoms with Crippen molar-refractivity contribution in [2.24, 2.45) is 0 Å². The van der Waals surface area contributed by atoms with Gasteiger partial charge in [-0.05, 0) is 36.1 Å². The van der Waals surface area contributed by atoms with Crippen molar-refractivity contribution in [3.8, 4) is 0 Å². The Labute approximate surface area is 150 Å². The first-order valence-electron chi connectivity index (χ1n) is 7.82. The largest absolute Gasteiger partial charge is 0.460 e. The highest BCUT2D eigenvalue weighted by atomic mass is 32.2. The van der Waals surface area contributed by atoms with Gasteiger partial charge in [0.2, 0.25) is 0 Å². The summed E-state index contributed by atoms with van der Waals surface area (Å²) >= 11 is 1.71. The fourth-order valence-corrected chi connectivity index (χ4v) is 3.18. The second kappa shape index (κ2) is 7.53. The van der Waals surface area contributed by atoms with E-state index in [1.54, 1.807) is 48.2 Å². The number of carbonyl (C=O) groups excluding carboxylic acids is 3. The van der Waals surface area contributed by atoms with Crippen LogP contribution in [0.1, 0.15) is 36.6 Å². The number of hydrogen-bond donors (Lipinski definition) is 0. The monoisotopic (exact) mass is 355 g/mol. The molecule has 0 bridgehead atoms. The summed E-state index contributed by atoms with van der Waals surface area (Å²) in [6, 6.07) is 13.9. The number of nitrogens with zero attached hydrogens (tertiary/aromatic N) is 1. The zero-order valence-electron chi connectivity index (χ0n) is 13.7. The molecule has 1 aliphatic rings. The smallest absolute Gasteiger partial charge is 0.338 e. The van der Waals surface area contributed by atoms with Crippen LogP contribution in [-0.2, 0) is 10.5 Å². The molecule has 0 spiro atoms. The van der Waals surface area contributed by atoms with Crippen molar-refractivity contribution in [2.45, 2.75) is 5.75 Å². The molecule has 128 valence electrons. The Kier molecular flexibility index (Phi) is 5.19. The van der Waals surface area contributed by atoms with Gasteiger partial charge in [0.15, 0.2) is 0 Å². The number of hydrogen-bond acceptors (Lipinski definition) is 5. The molecule has 2 aromatic rings. The number of thioether (sulfide) groups is 1. The lowest BCUT2D eigenvalue weighted by atomic mass is 10.1. The highest BCUT2D eigenvalue weighted by Gasteiger charge is 2.34. The molecule has 3 rings (SSSR count). The van der Waals surface area contributed by atoms with Gasteiger partial charge in [-0.1, -0.05) is 24.3 Å². The van der Waals surface area contributed by atoms with Gasteiger partial charge in [-0.15, -0.1) is 0 Å². The third-order valence-corrected chi connectivity index (χ3v) is 4.55. The molecule has 0 fully saturated rings. The van der Waals surface area contributed by atoms with Gasteiger partial charge in [-0.25, -0.2) is 4.79 Å². The predicted molar refractivity (Wildman–Crippen MR) is 95.8 cm³/mol. The summed E-state index contributed by atoms with van der Waals surface area (Å²) in [7, 11) is 0. The van der Waals surface area contributed by atoms with Gasteiger partial charge in [0.1, 0.15) is 6.61 Å². The molecule has 0 aromatic heterocycles. The molecule has 0 atom stereocenters. The molecule has 0 saturated carbocycles. The maximum atomic E-state index is 12.2. The van der Waals surface area contributed by atoms with Gasteiger partial charge in [0, 0.05) is 5.75 Å². The third-order valence-electron chi connectivity index (χ3n) is 3.93. The predicted octanol–water partition coefficient (Wildman–Crippen LogP) is 3.00. The number of carbonyl (C=O) groups is 3. The normalized spacial score (nSPS) is 13.1. The Bertz CT molecular complexity index is 781. The fourth-order valence-electron chi connectivity index (χ4n) is 2.66. The highest BCUT2D eigenvalue weighted by Crippen LogP contribution is 2.22. The molecule has 6 heteroatoms. The SMILES string of the molecule is CSCc1ccc(C(=O)OCCN2C(=O)c3ccccc3C2=O)cc1. The molecule has 0 saturated heterocycles. The fraction of sp³-hybridized carbons (Fsp3) is 0.211. The minimum atomic E-state index is -0.465. The van der Waals surface area contributed by atoms with Crippen LogP contribution < -0.4 is 0 Å². The summed E-state index contributed by atoms with van der Waals surface area (Å²) in [4.78, 5) is 37.6. The van der Waals surface area contributed by atoms with E-state index in [1.165, 1.54) is 0 Å². The Hall–Kier alpha value is -2.60. The third kappa shape index (κ3) is 3.58. The zero-order chi connectivity index (χ0) is 17.8. The first-order chi connectivity index (χ1) is 12.1. The number of rotatable bonds is 6. The van der Waals surface area contributed by atoms with E-state index in [2.05, 4.69) is 0 Å². The van der Waals surface area contributed by atoms with Crippen molar-refractivity contribution in [1.29, 1.82) is 0 Å². The van der Waals surface area contributed by atoms with Crippen molar-refractivity contribution in [3.05, 3.63) is 70.8 Å². The van der Waals surface area contributed by atoms with Crippen LogP contribution in [-0.4, -0.2) is 42.1 Å². The Morgan fingerprint density at radius 3 is 2.16 bits per heavy atom. The van der Waals surface area contributed by atoms with E-state index in [4.69, 9.17) is 4.74 Å². The summed E-state index contributed by atoms with van der Waals surface area (Å²) in [5.74, 6) is -0.279. The van der Waals surface area contributed by atoms with E-state index >= 15 is 0 Å². The minimum Gasteiger partial charge on any atom is -0.460 e. The maximum absolute atomic E-state index is 12.2. The summed E-state index contributed by atoms with van der Waals surface area (Å²) in [6.45, 7) is 0.0134. The second-order valence-electron chi connectivity index (χ2n) is 5.57. The van der Waals surface area contributed by atoms with Crippen molar-refractivity contribution >= 4 is 29.5 Å². The highest BCUT2D eigenvalue weighted by molar-refractivity contribution is 7.97. The van der Waals surface area contributed by atoms with E-state index in [0.29, 0.717) is 16.7 Å².